The van der Waals surface area contributed by atoms with Crippen LogP contribution in [0.15, 0.2) is 0 Å². The van der Waals surface area contributed by atoms with Gasteiger partial charge in [-0.2, -0.15) is 0 Å². The van der Waals surface area contributed by atoms with Gasteiger partial charge in [-0.3, -0.25) is 9.59 Å². The standard InChI is InChI=1S/C16H28N2O5S/c1-3-23-16(20)13-7-10-17(11-8-13)15(19)14-6-5-9-18(12-14)24(21,22)4-2/h13-14H,3-12H2,1-2H3/t14-/m0/s1. The average molecular weight is 360 g/mol. The number of carbonyl (C=O) groups is 2. The minimum absolute atomic E-state index is 0.0216. The highest BCUT2D eigenvalue weighted by Crippen LogP contribution is 2.25. The van der Waals surface area contributed by atoms with Gasteiger partial charge in [-0.15, -0.1) is 0 Å². The fraction of sp³-hybridized carbons (Fsp3) is 0.875. The molecule has 0 bridgehead atoms. The number of sulfonamides is 1. The molecule has 24 heavy (non-hydrogen) atoms. The molecular weight excluding hydrogens is 332 g/mol. The van der Waals surface area contributed by atoms with E-state index in [1.54, 1.807) is 18.7 Å². The Morgan fingerprint density at radius 3 is 2.29 bits per heavy atom. The largest absolute Gasteiger partial charge is 0.466 e. The Morgan fingerprint density at radius 2 is 1.71 bits per heavy atom. The molecule has 138 valence electrons. The second kappa shape index (κ2) is 8.29. The first-order valence-corrected chi connectivity index (χ1v) is 10.4. The Labute approximate surface area is 144 Å². The fourth-order valence-electron chi connectivity index (χ4n) is 3.43. The minimum atomic E-state index is -3.24. The van der Waals surface area contributed by atoms with Gasteiger partial charge in [-0.1, -0.05) is 0 Å². The van der Waals surface area contributed by atoms with Crippen molar-refractivity contribution in [2.24, 2.45) is 11.8 Å². The molecule has 0 aromatic rings. The zero-order valence-corrected chi connectivity index (χ0v) is 15.4. The predicted octanol–water partition coefficient (Wildman–Crippen LogP) is 0.850. The molecule has 1 amide bonds. The molecule has 2 aliphatic heterocycles. The highest BCUT2D eigenvalue weighted by atomic mass is 32.2. The van der Waals surface area contributed by atoms with E-state index in [9.17, 15) is 18.0 Å². The third-order valence-electron chi connectivity index (χ3n) is 4.92. The van der Waals surface area contributed by atoms with Gasteiger partial charge in [0.05, 0.1) is 24.2 Å². The maximum Gasteiger partial charge on any atom is 0.309 e. The number of nitrogens with zero attached hydrogens (tertiary/aromatic N) is 2. The van der Waals surface area contributed by atoms with E-state index in [4.69, 9.17) is 4.74 Å². The molecule has 0 unspecified atom stereocenters. The van der Waals surface area contributed by atoms with Crippen molar-refractivity contribution in [1.82, 2.24) is 9.21 Å². The van der Waals surface area contributed by atoms with Crippen molar-refractivity contribution in [3.05, 3.63) is 0 Å². The van der Waals surface area contributed by atoms with E-state index in [1.165, 1.54) is 4.31 Å². The summed E-state index contributed by atoms with van der Waals surface area (Å²) in [6, 6.07) is 0. The molecule has 0 aliphatic carbocycles. The summed E-state index contributed by atoms with van der Waals surface area (Å²) in [6.07, 6.45) is 2.68. The molecule has 2 aliphatic rings. The van der Waals surface area contributed by atoms with E-state index in [2.05, 4.69) is 0 Å². The van der Waals surface area contributed by atoms with Gasteiger partial charge in [0, 0.05) is 26.2 Å². The molecule has 0 radical (unpaired) electrons. The molecule has 2 saturated heterocycles. The summed E-state index contributed by atoms with van der Waals surface area (Å²) < 4.78 is 30.5. The SMILES string of the molecule is CCOC(=O)C1CCN(C(=O)[C@H]2CCCN(S(=O)(=O)CC)C2)CC1. The third kappa shape index (κ3) is 4.47. The van der Waals surface area contributed by atoms with E-state index < -0.39 is 10.0 Å². The second-order valence-corrected chi connectivity index (χ2v) is 8.71. The summed E-state index contributed by atoms with van der Waals surface area (Å²) in [5.74, 6) is -0.480. The maximum absolute atomic E-state index is 12.7. The first kappa shape index (κ1) is 19.2. The van der Waals surface area contributed by atoms with Crippen LogP contribution >= 0.6 is 0 Å². The van der Waals surface area contributed by atoms with Crippen molar-refractivity contribution in [3.8, 4) is 0 Å². The highest BCUT2D eigenvalue weighted by molar-refractivity contribution is 7.89. The summed E-state index contributed by atoms with van der Waals surface area (Å²) in [7, 11) is -3.24. The predicted molar refractivity (Wildman–Crippen MR) is 89.7 cm³/mol. The number of piperidine rings is 2. The van der Waals surface area contributed by atoms with E-state index in [0.717, 1.165) is 12.8 Å². The van der Waals surface area contributed by atoms with Gasteiger partial charge < -0.3 is 9.64 Å². The van der Waals surface area contributed by atoms with E-state index >= 15 is 0 Å². The second-order valence-electron chi connectivity index (χ2n) is 6.45. The number of hydrogen-bond acceptors (Lipinski definition) is 5. The number of likely N-dealkylation sites (tertiary alicyclic amines) is 1. The molecule has 0 saturated carbocycles. The van der Waals surface area contributed by atoms with Gasteiger partial charge in [-0.05, 0) is 39.5 Å². The van der Waals surface area contributed by atoms with E-state index in [1.807, 2.05) is 0 Å². The topological polar surface area (TPSA) is 84.0 Å². The molecule has 8 heteroatoms. The van der Waals surface area contributed by atoms with Crippen LogP contribution in [0.5, 0.6) is 0 Å². The van der Waals surface area contributed by atoms with Crippen molar-refractivity contribution in [1.29, 1.82) is 0 Å². The number of hydrogen-bond donors (Lipinski definition) is 0. The van der Waals surface area contributed by atoms with Crippen molar-refractivity contribution in [2.45, 2.75) is 39.5 Å². The van der Waals surface area contributed by atoms with Crippen LogP contribution in [-0.4, -0.2) is 68.0 Å². The Kier molecular flexibility index (Phi) is 6.62. The molecule has 0 aromatic heterocycles. The first-order valence-electron chi connectivity index (χ1n) is 8.82. The molecule has 7 nitrogen and oxygen atoms in total. The summed E-state index contributed by atoms with van der Waals surface area (Å²) in [6.45, 7) is 5.66. The lowest BCUT2D eigenvalue weighted by Crippen LogP contribution is -2.49. The average Bonchev–Trinajstić information content (AvgIpc) is 2.61. The highest BCUT2D eigenvalue weighted by Gasteiger charge is 2.35. The molecule has 2 fully saturated rings. The number of carbonyl (C=O) groups excluding carboxylic acids is 2. The van der Waals surface area contributed by atoms with Crippen LogP contribution in [0.4, 0.5) is 0 Å². The van der Waals surface area contributed by atoms with Crippen molar-refractivity contribution < 1.29 is 22.7 Å². The van der Waals surface area contributed by atoms with Crippen molar-refractivity contribution in [3.63, 3.8) is 0 Å². The zero-order valence-electron chi connectivity index (χ0n) is 14.6. The number of ether oxygens (including phenoxy) is 1. The number of amides is 1. The quantitative estimate of drug-likeness (QED) is 0.679. The molecule has 2 rings (SSSR count). The Balaban J connectivity index is 1.90. The van der Waals surface area contributed by atoms with Gasteiger partial charge in [0.2, 0.25) is 15.9 Å². The zero-order chi connectivity index (χ0) is 17.7. The van der Waals surface area contributed by atoms with E-state index in [-0.39, 0.29) is 36.0 Å². The Bertz CT molecular complexity index is 555. The lowest BCUT2D eigenvalue weighted by atomic mass is 9.93. The smallest absolute Gasteiger partial charge is 0.309 e. The molecule has 1 atom stereocenters. The fourth-order valence-corrected chi connectivity index (χ4v) is 4.61. The van der Waals surface area contributed by atoms with Crippen molar-refractivity contribution >= 4 is 21.9 Å². The van der Waals surface area contributed by atoms with Crippen LogP contribution in [0.2, 0.25) is 0 Å². The lowest BCUT2D eigenvalue weighted by Gasteiger charge is -2.36. The van der Waals surface area contributed by atoms with Gasteiger partial charge in [0.25, 0.3) is 0 Å². The van der Waals surface area contributed by atoms with E-state index in [0.29, 0.717) is 39.1 Å². The van der Waals surface area contributed by atoms with Crippen LogP contribution < -0.4 is 0 Å². The monoisotopic (exact) mass is 360 g/mol. The molecule has 0 spiro atoms. The van der Waals surface area contributed by atoms with Crippen LogP contribution in [0.3, 0.4) is 0 Å². The van der Waals surface area contributed by atoms with Crippen LogP contribution in [0, 0.1) is 11.8 Å². The molecule has 0 N–H and O–H groups in total. The number of esters is 1. The minimum Gasteiger partial charge on any atom is -0.466 e. The molecular formula is C16H28N2O5S. The van der Waals surface area contributed by atoms with Crippen LogP contribution in [0.1, 0.15) is 39.5 Å². The summed E-state index contributed by atoms with van der Waals surface area (Å²) in [5, 5.41) is 0. The van der Waals surface area contributed by atoms with Gasteiger partial charge in [-0.25, -0.2) is 12.7 Å². The summed E-state index contributed by atoms with van der Waals surface area (Å²) >= 11 is 0. The number of rotatable bonds is 5. The van der Waals surface area contributed by atoms with Gasteiger partial charge >= 0.3 is 5.97 Å². The summed E-state index contributed by atoms with van der Waals surface area (Å²) in [4.78, 5) is 26.2. The van der Waals surface area contributed by atoms with Crippen LogP contribution in [-0.2, 0) is 24.3 Å². The maximum atomic E-state index is 12.7. The molecule has 0 aromatic carbocycles. The normalized spacial score (nSPS) is 23.9. The first-order chi connectivity index (χ1) is 11.4. The molecule has 2 heterocycles. The van der Waals surface area contributed by atoms with Crippen LogP contribution in [0.25, 0.3) is 0 Å². The Hall–Kier alpha value is -1.15. The third-order valence-corrected chi connectivity index (χ3v) is 6.77. The van der Waals surface area contributed by atoms with Gasteiger partial charge in [0.15, 0.2) is 0 Å². The lowest BCUT2D eigenvalue weighted by molar-refractivity contribution is -0.152. The summed E-state index contributed by atoms with van der Waals surface area (Å²) in [5.41, 5.74) is 0. The van der Waals surface area contributed by atoms with Gasteiger partial charge in [0.1, 0.15) is 0 Å². The van der Waals surface area contributed by atoms with Crippen molar-refractivity contribution in [2.75, 3.05) is 38.5 Å². The Morgan fingerprint density at radius 1 is 1.04 bits per heavy atom.